The van der Waals surface area contributed by atoms with E-state index in [9.17, 15) is 0 Å². The molecule has 2 aromatic heterocycles. The van der Waals surface area contributed by atoms with E-state index in [1.54, 1.807) is 0 Å². The summed E-state index contributed by atoms with van der Waals surface area (Å²) >= 11 is 0. The SMILES string of the molecule is CC1C=CC=C(c2cc(-c3cc(-c4ccc(-c5ccccc5)cn4)cc(-c4cc5ccccc5c5ccccc45)c3)cc(-c3c#cccc3)n2)C1. The molecule has 0 saturated heterocycles. The van der Waals surface area contributed by atoms with Crippen LogP contribution in [-0.2, 0) is 0 Å². The first-order valence-electron chi connectivity index (χ1n) is 17.5. The summed E-state index contributed by atoms with van der Waals surface area (Å²) in [6.45, 7) is 2.26. The molecule has 0 saturated carbocycles. The summed E-state index contributed by atoms with van der Waals surface area (Å²) in [7, 11) is 0. The molecule has 51 heavy (non-hydrogen) atoms. The average molecular weight is 651 g/mol. The lowest BCUT2D eigenvalue weighted by Crippen LogP contribution is -2.01. The largest absolute Gasteiger partial charge is 0.256 e. The Labute approximate surface area is 299 Å². The number of rotatable bonds is 6. The standard InChI is InChI=1S/C49H34N2/c1-33-13-12-19-37(25-33)49-31-40(30-48(51-49)35-16-6-3-7-17-35)39-26-41(46-29-36-18-8-9-20-43(36)44-21-10-11-22-45(44)46)28-42(27-39)47-24-23-38(32-50-47)34-14-4-2-5-15-34/h2-6,8-16,18-24,26-33H,25H2,1H3. The molecule has 0 aliphatic heterocycles. The summed E-state index contributed by atoms with van der Waals surface area (Å²) in [6, 6.07) is 58.2. The Kier molecular flexibility index (Phi) is 7.80. The van der Waals surface area contributed by atoms with Crippen LogP contribution in [0, 0.1) is 18.1 Å². The Morgan fingerprint density at radius 3 is 2.12 bits per heavy atom. The van der Waals surface area contributed by atoms with Gasteiger partial charge in [0.1, 0.15) is 0 Å². The quantitative estimate of drug-likeness (QED) is 0.167. The van der Waals surface area contributed by atoms with Crippen molar-refractivity contribution in [3.05, 3.63) is 188 Å². The summed E-state index contributed by atoms with van der Waals surface area (Å²) in [5, 5.41) is 4.96. The Bertz CT molecular complexity index is 2600. The van der Waals surface area contributed by atoms with Gasteiger partial charge in [-0.3, -0.25) is 4.98 Å². The zero-order chi connectivity index (χ0) is 34.1. The van der Waals surface area contributed by atoms with Crippen molar-refractivity contribution in [1.82, 2.24) is 9.97 Å². The van der Waals surface area contributed by atoms with Gasteiger partial charge in [-0.05, 0) is 122 Å². The molecule has 0 bridgehead atoms. The number of fused-ring (bicyclic) bond motifs is 3. The minimum Gasteiger partial charge on any atom is -0.256 e. The zero-order valence-corrected chi connectivity index (χ0v) is 28.3. The van der Waals surface area contributed by atoms with Crippen LogP contribution in [0.2, 0.25) is 0 Å². The molecule has 1 aliphatic rings. The van der Waals surface area contributed by atoms with Crippen LogP contribution in [0.1, 0.15) is 19.0 Å². The van der Waals surface area contributed by atoms with Gasteiger partial charge >= 0.3 is 0 Å². The maximum atomic E-state index is 5.20. The summed E-state index contributed by atoms with van der Waals surface area (Å²) < 4.78 is 0. The summed E-state index contributed by atoms with van der Waals surface area (Å²) in [6.07, 6.45) is 9.56. The van der Waals surface area contributed by atoms with E-state index in [0.717, 1.165) is 62.4 Å². The number of allylic oxidation sites excluding steroid dienone is 4. The van der Waals surface area contributed by atoms with E-state index < -0.39 is 0 Å². The van der Waals surface area contributed by atoms with E-state index in [1.807, 2.05) is 24.4 Å². The molecule has 1 unspecified atom stereocenters. The van der Waals surface area contributed by atoms with Crippen LogP contribution >= 0.6 is 0 Å². The molecule has 0 N–H and O–H groups in total. The Balaban J connectivity index is 1.28. The first kappa shape index (κ1) is 30.5. The molecule has 2 nitrogen and oxygen atoms in total. The first-order chi connectivity index (χ1) is 25.2. The Morgan fingerprint density at radius 2 is 1.31 bits per heavy atom. The number of aromatic nitrogens is 2. The van der Waals surface area contributed by atoms with Gasteiger partial charge in [0.15, 0.2) is 0 Å². The molecule has 0 spiro atoms. The highest BCUT2D eigenvalue weighted by molar-refractivity contribution is 6.14. The fraction of sp³-hybridized carbons (Fsp3) is 0.0612. The van der Waals surface area contributed by atoms with Crippen molar-refractivity contribution in [2.45, 2.75) is 13.3 Å². The molecule has 1 aliphatic carbocycles. The highest BCUT2D eigenvalue weighted by Gasteiger charge is 2.17. The van der Waals surface area contributed by atoms with E-state index in [1.165, 1.54) is 32.7 Å². The topological polar surface area (TPSA) is 25.8 Å². The third kappa shape index (κ3) is 6.01. The second-order valence-corrected chi connectivity index (χ2v) is 13.4. The molecule has 2 heteroatoms. The lowest BCUT2D eigenvalue weighted by Gasteiger charge is -2.18. The van der Waals surface area contributed by atoms with Crippen molar-refractivity contribution in [3.63, 3.8) is 0 Å². The zero-order valence-electron chi connectivity index (χ0n) is 28.3. The smallest absolute Gasteiger partial charge is 0.0799 e. The average Bonchev–Trinajstić information content (AvgIpc) is 3.21. The van der Waals surface area contributed by atoms with Gasteiger partial charge in [-0.15, -0.1) is 0 Å². The monoisotopic (exact) mass is 650 g/mol. The van der Waals surface area contributed by atoms with E-state index >= 15 is 0 Å². The fourth-order valence-corrected chi connectivity index (χ4v) is 7.29. The maximum Gasteiger partial charge on any atom is 0.0799 e. The van der Waals surface area contributed by atoms with Crippen LogP contribution in [0.15, 0.2) is 170 Å². The van der Waals surface area contributed by atoms with Crippen LogP contribution in [0.5, 0.6) is 0 Å². The van der Waals surface area contributed by atoms with Crippen molar-refractivity contribution in [2.24, 2.45) is 5.92 Å². The normalized spacial score (nSPS) is 14.0. The van der Waals surface area contributed by atoms with Gasteiger partial charge in [-0.2, -0.15) is 0 Å². The van der Waals surface area contributed by atoms with E-state index in [4.69, 9.17) is 9.97 Å². The van der Waals surface area contributed by atoms with Crippen molar-refractivity contribution < 1.29 is 0 Å². The van der Waals surface area contributed by atoms with Crippen molar-refractivity contribution >= 4 is 27.1 Å². The molecular weight excluding hydrogens is 617 g/mol. The van der Waals surface area contributed by atoms with Gasteiger partial charge in [0.2, 0.25) is 0 Å². The predicted molar refractivity (Wildman–Crippen MR) is 213 cm³/mol. The van der Waals surface area contributed by atoms with Crippen LogP contribution in [0.25, 0.3) is 83.0 Å². The van der Waals surface area contributed by atoms with Crippen LogP contribution < -0.4 is 0 Å². The molecule has 6 aromatic carbocycles. The van der Waals surface area contributed by atoms with E-state index in [2.05, 4.69) is 165 Å². The molecule has 8 aromatic rings. The van der Waals surface area contributed by atoms with Crippen LogP contribution in [-0.4, -0.2) is 9.97 Å². The second kappa shape index (κ2) is 13.0. The molecule has 0 radical (unpaired) electrons. The minimum absolute atomic E-state index is 0.455. The third-order valence-electron chi connectivity index (χ3n) is 9.87. The third-order valence-corrected chi connectivity index (χ3v) is 9.87. The summed E-state index contributed by atoms with van der Waals surface area (Å²) in [4.78, 5) is 10.2. The number of nitrogens with zero attached hydrogens (tertiary/aromatic N) is 2. The van der Waals surface area contributed by atoms with E-state index in [-0.39, 0.29) is 0 Å². The fourth-order valence-electron chi connectivity index (χ4n) is 7.29. The van der Waals surface area contributed by atoms with Gasteiger partial charge in [0.25, 0.3) is 0 Å². The Morgan fingerprint density at radius 1 is 0.569 bits per heavy atom. The van der Waals surface area contributed by atoms with Crippen molar-refractivity contribution in [2.75, 3.05) is 0 Å². The van der Waals surface area contributed by atoms with Gasteiger partial charge in [-0.25, -0.2) is 4.98 Å². The number of hydrogen-bond acceptors (Lipinski definition) is 2. The van der Waals surface area contributed by atoms with Gasteiger partial charge in [0.05, 0.1) is 22.6 Å². The molecular formula is C49H34N2. The molecule has 0 amide bonds. The summed E-state index contributed by atoms with van der Waals surface area (Å²) in [5.74, 6) is 0.455. The highest BCUT2D eigenvalue weighted by atomic mass is 14.7. The number of hydrogen-bond donors (Lipinski definition) is 0. The predicted octanol–water partition coefficient (Wildman–Crippen LogP) is 12.7. The van der Waals surface area contributed by atoms with E-state index in [0.29, 0.717) is 5.92 Å². The highest BCUT2D eigenvalue weighted by Crippen LogP contribution is 2.40. The summed E-state index contributed by atoms with van der Waals surface area (Å²) in [5.41, 5.74) is 12.8. The van der Waals surface area contributed by atoms with Crippen LogP contribution in [0.4, 0.5) is 0 Å². The maximum absolute atomic E-state index is 5.20. The van der Waals surface area contributed by atoms with Crippen LogP contribution in [0.3, 0.4) is 0 Å². The molecule has 1 atom stereocenters. The molecule has 0 fully saturated rings. The van der Waals surface area contributed by atoms with Gasteiger partial charge < -0.3 is 0 Å². The Hall–Kier alpha value is -6.56. The van der Waals surface area contributed by atoms with Gasteiger partial charge in [-0.1, -0.05) is 128 Å². The lowest BCUT2D eigenvalue weighted by atomic mass is 9.89. The lowest BCUT2D eigenvalue weighted by molar-refractivity contribution is 0.747. The molecule has 2 heterocycles. The molecule has 240 valence electrons. The van der Waals surface area contributed by atoms with Crippen molar-refractivity contribution in [1.29, 1.82) is 0 Å². The molecule has 9 rings (SSSR count). The minimum atomic E-state index is 0.455. The number of pyridine rings is 2. The van der Waals surface area contributed by atoms with Gasteiger partial charge in [0, 0.05) is 17.3 Å². The van der Waals surface area contributed by atoms with Crippen molar-refractivity contribution in [3.8, 4) is 55.9 Å². The second-order valence-electron chi connectivity index (χ2n) is 13.4. The first-order valence-corrected chi connectivity index (χ1v) is 17.5. The number of benzene rings is 5.